The maximum absolute atomic E-state index is 13.5. The molecule has 6 heteroatoms. The van der Waals surface area contributed by atoms with Crippen molar-refractivity contribution in [3.63, 3.8) is 0 Å². The lowest BCUT2D eigenvalue weighted by Crippen LogP contribution is -2.34. The van der Waals surface area contributed by atoms with E-state index >= 15 is 0 Å². The Kier molecular flexibility index (Phi) is 9.40. The highest BCUT2D eigenvalue weighted by molar-refractivity contribution is 5.51. The summed E-state index contributed by atoms with van der Waals surface area (Å²) in [5, 5.41) is 10.2. The van der Waals surface area contributed by atoms with Crippen LogP contribution in [0.2, 0.25) is 0 Å². The van der Waals surface area contributed by atoms with Gasteiger partial charge in [0.2, 0.25) is 0 Å². The molecule has 1 heterocycles. The molecular weight excluding hydrogens is 501 g/mol. The maximum atomic E-state index is 13.5. The zero-order chi connectivity index (χ0) is 27.6. The highest BCUT2D eigenvalue weighted by Crippen LogP contribution is 2.48. The molecular formula is C33H49F3O3. The molecule has 3 saturated carbocycles. The molecule has 0 aromatic heterocycles. The normalized spacial score (nSPS) is 34.6. The summed E-state index contributed by atoms with van der Waals surface area (Å²) >= 11 is 0. The number of fused-ring (bicyclic) bond motifs is 1. The monoisotopic (exact) mass is 550 g/mol. The minimum Gasteiger partial charge on any atom is -0.486 e. The molecule has 1 aromatic rings. The molecule has 2 atom stereocenters. The van der Waals surface area contributed by atoms with Crippen LogP contribution in [0.15, 0.2) is 12.1 Å². The molecule has 5 rings (SSSR count). The number of alkyl halides is 3. The Bertz CT molecular complexity index is 923. The van der Waals surface area contributed by atoms with E-state index in [2.05, 4.69) is 24.7 Å². The summed E-state index contributed by atoms with van der Waals surface area (Å²) < 4.78 is 51.4. The van der Waals surface area contributed by atoms with Crippen LogP contribution in [0.4, 0.5) is 13.2 Å². The highest BCUT2D eigenvalue weighted by atomic mass is 19.4. The molecule has 4 aliphatic rings. The van der Waals surface area contributed by atoms with Crippen LogP contribution < -0.4 is 9.47 Å². The third kappa shape index (κ3) is 7.08. The molecule has 3 nitrogen and oxygen atoms in total. The number of benzene rings is 1. The summed E-state index contributed by atoms with van der Waals surface area (Å²) in [6.45, 7) is 4.31. The van der Waals surface area contributed by atoms with Crippen molar-refractivity contribution in [3.05, 3.63) is 23.3 Å². The molecule has 0 amide bonds. The Hall–Kier alpha value is -1.43. The second kappa shape index (κ2) is 12.6. The Labute approximate surface area is 233 Å². The van der Waals surface area contributed by atoms with Gasteiger partial charge < -0.3 is 14.6 Å². The first kappa shape index (κ1) is 29.1. The first-order valence-corrected chi connectivity index (χ1v) is 16.0. The van der Waals surface area contributed by atoms with Crippen molar-refractivity contribution in [3.8, 4) is 11.5 Å². The Morgan fingerprint density at radius 3 is 2.05 bits per heavy atom. The second-order valence-electron chi connectivity index (χ2n) is 13.2. The number of rotatable bonds is 7. The van der Waals surface area contributed by atoms with Crippen LogP contribution in [0.5, 0.6) is 11.5 Å². The lowest BCUT2D eigenvalue weighted by molar-refractivity contribution is -0.275. The van der Waals surface area contributed by atoms with E-state index in [9.17, 15) is 18.3 Å². The van der Waals surface area contributed by atoms with E-state index in [-0.39, 0.29) is 23.9 Å². The molecule has 3 aliphatic carbocycles. The maximum Gasteiger partial charge on any atom is 0.573 e. The molecule has 0 radical (unpaired) electrons. The van der Waals surface area contributed by atoms with Crippen LogP contribution in [-0.4, -0.2) is 23.7 Å². The fraction of sp³-hybridized carbons (Fsp3) is 0.818. The third-order valence-electron chi connectivity index (χ3n) is 11.0. The quantitative estimate of drug-likeness (QED) is 0.368. The minimum absolute atomic E-state index is 0.0132. The smallest absolute Gasteiger partial charge is 0.486 e. The van der Waals surface area contributed by atoms with Gasteiger partial charge >= 0.3 is 6.36 Å². The van der Waals surface area contributed by atoms with E-state index in [0.717, 1.165) is 93.6 Å². The predicted molar refractivity (Wildman–Crippen MR) is 148 cm³/mol. The van der Waals surface area contributed by atoms with Crippen LogP contribution in [0.1, 0.15) is 127 Å². The van der Waals surface area contributed by atoms with Crippen molar-refractivity contribution < 1.29 is 27.8 Å². The van der Waals surface area contributed by atoms with Gasteiger partial charge in [-0.2, -0.15) is 0 Å². The van der Waals surface area contributed by atoms with Gasteiger partial charge in [-0.1, -0.05) is 39.2 Å². The van der Waals surface area contributed by atoms with Crippen LogP contribution in [0.3, 0.4) is 0 Å². The van der Waals surface area contributed by atoms with Gasteiger partial charge in [0.15, 0.2) is 11.5 Å². The van der Waals surface area contributed by atoms with E-state index in [1.165, 1.54) is 32.1 Å². The lowest BCUT2D eigenvalue weighted by atomic mass is 9.67. The van der Waals surface area contributed by atoms with Crippen LogP contribution in [0.25, 0.3) is 0 Å². The van der Waals surface area contributed by atoms with Gasteiger partial charge in [-0.15, -0.1) is 13.2 Å². The molecule has 0 saturated heterocycles. The van der Waals surface area contributed by atoms with Crippen molar-refractivity contribution in [2.24, 2.45) is 29.6 Å². The molecule has 1 N–H and O–H groups in total. The number of aryl methyl sites for hydroxylation is 1. The van der Waals surface area contributed by atoms with E-state index in [1.807, 2.05) is 0 Å². The van der Waals surface area contributed by atoms with Crippen molar-refractivity contribution in [1.29, 1.82) is 0 Å². The number of aliphatic hydroxyl groups excluding tert-OH is 1. The van der Waals surface area contributed by atoms with Gasteiger partial charge in [-0.25, -0.2) is 0 Å². The number of hydrogen-bond acceptors (Lipinski definition) is 3. The van der Waals surface area contributed by atoms with Gasteiger partial charge in [0, 0.05) is 0 Å². The zero-order valence-electron chi connectivity index (χ0n) is 24.0. The van der Waals surface area contributed by atoms with E-state index in [4.69, 9.17) is 4.74 Å². The molecule has 1 aliphatic heterocycles. The largest absolute Gasteiger partial charge is 0.573 e. The van der Waals surface area contributed by atoms with Gasteiger partial charge in [-0.05, 0) is 136 Å². The average molecular weight is 551 g/mol. The number of ether oxygens (including phenoxy) is 2. The molecule has 1 aromatic carbocycles. The summed E-state index contributed by atoms with van der Waals surface area (Å²) in [5.41, 5.74) is 1.88. The van der Waals surface area contributed by atoms with Crippen LogP contribution >= 0.6 is 0 Å². The Morgan fingerprint density at radius 2 is 1.46 bits per heavy atom. The van der Waals surface area contributed by atoms with Crippen molar-refractivity contribution in [2.75, 3.05) is 0 Å². The number of halogens is 3. The standard InChI is InChI=1S/C33H49F3O3/c1-3-21-5-7-26(8-6-21)30-18-17-27-19-28(20-31(32(27)38-30)39-33(34,35)36)24-11-9-22(10-12-24)23-13-15-25(16-14-23)29(37)4-2/h19-26,29-30,37H,3-18H2,1-2H3. The first-order chi connectivity index (χ1) is 18.7. The van der Waals surface area contributed by atoms with E-state index < -0.39 is 6.36 Å². The van der Waals surface area contributed by atoms with Crippen molar-refractivity contribution >= 4 is 0 Å². The summed E-state index contributed by atoms with van der Waals surface area (Å²) in [7, 11) is 0. The van der Waals surface area contributed by atoms with Gasteiger partial charge in [-0.3, -0.25) is 0 Å². The summed E-state index contributed by atoms with van der Waals surface area (Å²) in [5.74, 6) is 3.59. The topological polar surface area (TPSA) is 38.7 Å². The van der Waals surface area contributed by atoms with Gasteiger partial charge in [0.1, 0.15) is 6.10 Å². The fourth-order valence-corrected chi connectivity index (χ4v) is 8.51. The Morgan fingerprint density at radius 1 is 0.846 bits per heavy atom. The average Bonchev–Trinajstić information content (AvgIpc) is 2.96. The van der Waals surface area contributed by atoms with Crippen molar-refractivity contribution in [1.82, 2.24) is 0 Å². The van der Waals surface area contributed by atoms with Gasteiger partial charge in [0.05, 0.1) is 6.10 Å². The van der Waals surface area contributed by atoms with Crippen molar-refractivity contribution in [2.45, 2.75) is 141 Å². The summed E-state index contributed by atoms with van der Waals surface area (Å²) in [6, 6.07) is 3.77. The van der Waals surface area contributed by atoms with Gasteiger partial charge in [0.25, 0.3) is 0 Å². The zero-order valence-corrected chi connectivity index (χ0v) is 24.0. The van der Waals surface area contributed by atoms with Crippen LogP contribution in [-0.2, 0) is 6.42 Å². The fourth-order valence-electron chi connectivity index (χ4n) is 8.51. The second-order valence-corrected chi connectivity index (χ2v) is 13.2. The lowest BCUT2D eigenvalue weighted by Gasteiger charge is -2.39. The van der Waals surface area contributed by atoms with E-state index in [1.54, 1.807) is 6.07 Å². The SMILES string of the molecule is CCC1CCC(C2CCc3cc(C4CCC(C5CCC(C(O)CC)CC5)CC4)cc(OC(F)(F)F)c3O2)CC1. The molecule has 2 unspecified atom stereocenters. The first-order valence-electron chi connectivity index (χ1n) is 16.0. The summed E-state index contributed by atoms with van der Waals surface area (Å²) in [4.78, 5) is 0. The van der Waals surface area contributed by atoms with E-state index in [0.29, 0.717) is 23.5 Å². The Balaban J connectivity index is 1.24. The number of hydrogen-bond donors (Lipinski definition) is 1. The number of aliphatic hydroxyl groups is 1. The molecule has 220 valence electrons. The molecule has 39 heavy (non-hydrogen) atoms. The third-order valence-corrected chi connectivity index (χ3v) is 11.0. The van der Waals surface area contributed by atoms with Crippen LogP contribution in [0, 0.1) is 29.6 Å². The molecule has 0 spiro atoms. The molecule has 3 fully saturated rings. The minimum atomic E-state index is -4.73. The molecule has 0 bridgehead atoms. The predicted octanol–water partition coefficient (Wildman–Crippen LogP) is 9.35. The summed E-state index contributed by atoms with van der Waals surface area (Å²) in [6.07, 6.45) is 12.4. The highest BCUT2D eigenvalue weighted by Gasteiger charge is 2.38.